The van der Waals surface area contributed by atoms with Crippen molar-refractivity contribution in [2.45, 2.75) is 13.8 Å². The molecule has 0 fully saturated rings. The fraction of sp³-hybridized carbons (Fsp3) is 0.133. The number of rotatable bonds is 0. The van der Waals surface area contributed by atoms with Gasteiger partial charge in [0, 0.05) is 26.2 Å². The molecule has 0 unspecified atom stereocenters. The quantitative estimate of drug-likeness (QED) is 0.539. The number of hydrogen-bond donors (Lipinski definition) is 0. The number of aryl methyl sites for hydroxylation is 2. The van der Waals surface area contributed by atoms with Gasteiger partial charge < -0.3 is 0 Å². The maximum absolute atomic E-state index is 2.28. The molecule has 0 saturated carbocycles. The third-order valence-corrected chi connectivity index (χ3v) is 3.02. The monoisotopic (exact) mass is 283 g/mol. The topological polar surface area (TPSA) is 0 Å². The molecule has 0 aliphatic heterocycles. The van der Waals surface area contributed by atoms with Crippen LogP contribution < -0.4 is 0 Å². The largest absolute Gasteiger partial charge is 0.126 e. The summed E-state index contributed by atoms with van der Waals surface area (Å²) in [7, 11) is 0. The van der Waals surface area contributed by atoms with Crippen molar-refractivity contribution in [2.24, 2.45) is 0 Å². The summed E-state index contributed by atoms with van der Waals surface area (Å²) in [6, 6.07) is 15.6. The van der Waals surface area contributed by atoms with E-state index >= 15 is 0 Å². The first kappa shape index (κ1) is 11.7. The van der Waals surface area contributed by atoms with Gasteiger partial charge in [-0.2, -0.15) is 0 Å². The van der Waals surface area contributed by atoms with Crippen LogP contribution in [-0.2, 0) is 26.2 Å². The summed E-state index contributed by atoms with van der Waals surface area (Å²) in [6.07, 6.45) is 0. The molecule has 0 N–H and O–H groups in total. The molecule has 3 rings (SSSR count). The van der Waals surface area contributed by atoms with Crippen LogP contribution in [0.15, 0.2) is 42.5 Å². The van der Waals surface area contributed by atoms with Crippen LogP contribution in [0, 0.1) is 13.8 Å². The second-order valence-electron chi connectivity index (χ2n) is 4.33. The van der Waals surface area contributed by atoms with Crippen LogP contribution in [-0.4, -0.2) is 0 Å². The van der Waals surface area contributed by atoms with Crippen LogP contribution in [0.1, 0.15) is 11.1 Å². The van der Waals surface area contributed by atoms with E-state index in [-0.39, 0.29) is 26.2 Å². The Hall–Kier alpha value is -0.807. The maximum Gasteiger partial charge on any atom is 0 e. The van der Waals surface area contributed by atoms with Gasteiger partial charge in [0.2, 0.25) is 0 Å². The maximum atomic E-state index is 2.28. The van der Waals surface area contributed by atoms with Crippen molar-refractivity contribution in [1.82, 2.24) is 0 Å². The molecule has 0 amide bonds. The number of fused-ring (bicyclic) bond motifs is 3. The van der Waals surface area contributed by atoms with Gasteiger partial charge in [-0.1, -0.05) is 35.4 Å². The second-order valence-corrected chi connectivity index (χ2v) is 4.33. The molecule has 0 saturated heterocycles. The Bertz CT molecular complexity index is 591. The van der Waals surface area contributed by atoms with Gasteiger partial charge in [0.05, 0.1) is 0 Å². The molecule has 0 heterocycles. The molecule has 0 bridgehead atoms. The van der Waals surface area contributed by atoms with E-state index in [0.29, 0.717) is 0 Å². The van der Waals surface area contributed by atoms with Gasteiger partial charge in [0.25, 0.3) is 0 Å². The van der Waals surface area contributed by atoms with Crippen LogP contribution in [0.3, 0.4) is 0 Å². The van der Waals surface area contributed by atoms with Crippen molar-refractivity contribution in [2.75, 3.05) is 0 Å². The first-order valence-electron chi connectivity index (χ1n) is 5.30. The third-order valence-electron chi connectivity index (χ3n) is 3.02. The van der Waals surface area contributed by atoms with E-state index in [1.54, 1.807) is 0 Å². The van der Waals surface area contributed by atoms with Gasteiger partial charge in [-0.15, -0.1) is 39.7 Å². The summed E-state index contributed by atoms with van der Waals surface area (Å²) in [5, 5.41) is 5.46. The molecule has 0 radical (unpaired) electrons. The van der Waals surface area contributed by atoms with E-state index in [1.165, 1.54) is 32.7 Å². The first-order chi connectivity index (χ1) is 7.24. The summed E-state index contributed by atoms with van der Waals surface area (Å²) in [4.78, 5) is 0. The number of hydrogen-bond acceptors (Lipinski definition) is 0. The van der Waals surface area contributed by atoms with Crippen LogP contribution >= 0.6 is 0 Å². The van der Waals surface area contributed by atoms with Crippen molar-refractivity contribution < 1.29 is 26.2 Å². The Labute approximate surface area is 115 Å². The van der Waals surface area contributed by atoms with E-state index in [0.717, 1.165) is 0 Å². The minimum Gasteiger partial charge on any atom is -0.126 e. The zero-order valence-corrected chi connectivity index (χ0v) is 12.0. The van der Waals surface area contributed by atoms with E-state index in [2.05, 4.69) is 56.3 Å². The molecular formula is C15H13Zr-. The molecule has 0 aromatic heterocycles. The van der Waals surface area contributed by atoms with Crippen LogP contribution in [0.4, 0.5) is 0 Å². The molecule has 16 heavy (non-hydrogen) atoms. The van der Waals surface area contributed by atoms with Gasteiger partial charge in [-0.25, -0.2) is 0 Å². The fourth-order valence-corrected chi connectivity index (χ4v) is 2.26. The SMILES string of the molecule is Cc1ccc2c(c1)[cH-]c1cc(C)ccc12.[Zr]. The Morgan fingerprint density at radius 3 is 1.62 bits per heavy atom. The Balaban J connectivity index is 0.000000963. The van der Waals surface area contributed by atoms with Crippen LogP contribution in [0.2, 0.25) is 0 Å². The number of benzene rings is 2. The average Bonchev–Trinajstić information content (AvgIpc) is 2.53. The van der Waals surface area contributed by atoms with Gasteiger partial charge in [0.1, 0.15) is 0 Å². The molecule has 1 heteroatoms. The summed E-state index contributed by atoms with van der Waals surface area (Å²) < 4.78 is 0. The Morgan fingerprint density at radius 1 is 0.750 bits per heavy atom. The zero-order valence-electron chi connectivity index (χ0n) is 9.54. The molecule has 0 spiro atoms. The van der Waals surface area contributed by atoms with Crippen LogP contribution in [0.5, 0.6) is 0 Å². The van der Waals surface area contributed by atoms with Gasteiger partial charge in [-0.3, -0.25) is 0 Å². The van der Waals surface area contributed by atoms with Gasteiger partial charge >= 0.3 is 0 Å². The van der Waals surface area contributed by atoms with E-state index in [1.807, 2.05) is 0 Å². The molecule has 0 nitrogen and oxygen atoms in total. The third kappa shape index (κ3) is 1.78. The summed E-state index contributed by atoms with van der Waals surface area (Å²) in [5.41, 5.74) is 2.66. The second kappa shape index (κ2) is 4.22. The minimum absolute atomic E-state index is 0. The molecule has 78 valence electrons. The smallest absolute Gasteiger partial charge is 0 e. The summed E-state index contributed by atoms with van der Waals surface area (Å²) >= 11 is 0. The molecule has 0 atom stereocenters. The Kier molecular flexibility index (Phi) is 3.08. The molecule has 0 aliphatic rings. The van der Waals surface area contributed by atoms with E-state index < -0.39 is 0 Å². The van der Waals surface area contributed by atoms with Crippen molar-refractivity contribution in [3.05, 3.63) is 53.6 Å². The van der Waals surface area contributed by atoms with E-state index in [9.17, 15) is 0 Å². The molecular weight excluding hydrogens is 271 g/mol. The van der Waals surface area contributed by atoms with Crippen molar-refractivity contribution in [1.29, 1.82) is 0 Å². The van der Waals surface area contributed by atoms with Gasteiger partial charge in [-0.05, 0) is 13.8 Å². The predicted octanol–water partition coefficient (Wildman–Crippen LogP) is 4.33. The fourth-order valence-electron chi connectivity index (χ4n) is 2.26. The molecule has 3 aromatic carbocycles. The van der Waals surface area contributed by atoms with Crippen LogP contribution in [0.25, 0.3) is 21.5 Å². The zero-order chi connectivity index (χ0) is 10.4. The minimum atomic E-state index is 0. The Morgan fingerprint density at radius 2 is 1.19 bits per heavy atom. The van der Waals surface area contributed by atoms with Crippen molar-refractivity contribution >= 4 is 21.5 Å². The average molecular weight is 284 g/mol. The molecule has 3 aromatic rings. The van der Waals surface area contributed by atoms with Gasteiger partial charge in [0.15, 0.2) is 0 Å². The first-order valence-corrected chi connectivity index (χ1v) is 5.30. The van der Waals surface area contributed by atoms with Crippen molar-refractivity contribution in [3.8, 4) is 0 Å². The summed E-state index contributed by atoms with van der Waals surface area (Å²) in [6.45, 7) is 4.28. The predicted molar refractivity (Wildman–Crippen MR) is 66.5 cm³/mol. The van der Waals surface area contributed by atoms with Crippen molar-refractivity contribution in [3.63, 3.8) is 0 Å². The van der Waals surface area contributed by atoms with E-state index in [4.69, 9.17) is 0 Å². The normalized spacial score (nSPS) is 10.6. The summed E-state index contributed by atoms with van der Waals surface area (Å²) in [5.74, 6) is 0. The standard InChI is InChI=1S/C15H13.Zr/c1-10-3-5-14-12(7-10)9-13-8-11(2)4-6-15(13)14;/h3-9H,1-2H3;/q-1;. The molecule has 0 aliphatic carbocycles.